The van der Waals surface area contributed by atoms with Crippen LogP contribution in [0.2, 0.25) is 0 Å². The van der Waals surface area contributed by atoms with Crippen LogP contribution in [-0.4, -0.2) is 12.0 Å². The van der Waals surface area contributed by atoms with Crippen molar-refractivity contribution in [1.82, 2.24) is 0 Å². The quantitative estimate of drug-likeness (QED) is 0.605. The largest absolute Gasteiger partial charge is 0.299 e. The van der Waals surface area contributed by atoms with Gasteiger partial charge in [-0.1, -0.05) is 31.2 Å². The van der Waals surface area contributed by atoms with Crippen molar-refractivity contribution in [3.63, 3.8) is 0 Å². The molecule has 2 aliphatic carbocycles. The Hall–Kier alpha value is -0.920. The van der Waals surface area contributed by atoms with Gasteiger partial charge in [-0.15, -0.1) is 0 Å². The van der Waals surface area contributed by atoms with Crippen molar-refractivity contribution >= 4 is 5.78 Å². The van der Waals surface area contributed by atoms with Crippen LogP contribution in [0.1, 0.15) is 20.3 Å². The van der Waals surface area contributed by atoms with Gasteiger partial charge >= 0.3 is 0 Å². The minimum Gasteiger partial charge on any atom is -0.299 e. The fourth-order valence-corrected chi connectivity index (χ4v) is 2.76. The van der Waals surface area contributed by atoms with Crippen molar-refractivity contribution < 1.29 is 9.18 Å². The Morgan fingerprint density at radius 1 is 1.27 bits per heavy atom. The summed E-state index contributed by atoms with van der Waals surface area (Å²) in [5.41, 5.74) is 0. The maximum atomic E-state index is 13.7. The summed E-state index contributed by atoms with van der Waals surface area (Å²) in [5.74, 6) is 0.560. The van der Waals surface area contributed by atoms with Crippen molar-refractivity contribution in [2.45, 2.75) is 26.4 Å². The molecule has 0 aliphatic heterocycles. The second-order valence-electron chi connectivity index (χ2n) is 4.80. The van der Waals surface area contributed by atoms with E-state index in [2.05, 4.69) is 13.0 Å². The highest BCUT2D eigenvalue weighted by Gasteiger charge is 2.39. The van der Waals surface area contributed by atoms with E-state index in [0.29, 0.717) is 5.92 Å². The fraction of sp³-hybridized carbons (Fsp3) is 0.615. The van der Waals surface area contributed by atoms with E-state index in [4.69, 9.17) is 0 Å². The first-order valence-corrected chi connectivity index (χ1v) is 5.60. The van der Waals surface area contributed by atoms with Gasteiger partial charge in [0, 0.05) is 11.8 Å². The van der Waals surface area contributed by atoms with Crippen LogP contribution in [0, 0.1) is 23.7 Å². The summed E-state index contributed by atoms with van der Waals surface area (Å²) in [5, 5.41) is 0. The van der Waals surface area contributed by atoms with Crippen LogP contribution in [0.25, 0.3) is 0 Å². The van der Waals surface area contributed by atoms with Crippen LogP contribution in [-0.2, 0) is 4.79 Å². The third-order valence-electron chi connectivity index (χ3n) is 3.60. The van der Waals surface area contributed by atoms with Crippen LogP contribution in [0.4, 0.5) is 4.39 Å². The Morgan fingerprint density at radius 2 is 2.00 bits per heavy atom. The van der Waals surface area contributed by atoms with Crippen LogP contribution in [0.15, 0.2) is 24.3 Å². The SMILES string of the molecule is CC(=O)C1C=CC(F)C2CC(C)C=CC12. The van der Waals surface area contributed by atoms with Gasteiger partial charge in [-0.05, 0) is 25.2 Å². The van der Waals surface area contributed by atoms with E-state index >= 15 is 0 Å². The summed E-state index contributed by atoms with van der Waals surface area (Å²) >= 11 is 0. The molecule has 0 spiro atoms. The van der Waals surface area contributed by atoms with Crippen molar-refractivity contribution in [1.29, 1.82) is 0 Å². The molecule has 2 aliphatic rings. The van der Waals surface area contributed by atoms with Gasteiger partial charge in [-0.25, -0.2) is 4.39 Å². The zero-order chi connectivity index (χ0) is 11.0. The third-order valence-corrected chi connectivity index (χ3v) is 3.60. The Labute approximate surface area is 90.1 Å². The lowest BCUT2D eigenvalue weighted by Crippen LogP contribution is -2.37. The van der Waals surface area contributed by atoms with E-state index in [1.54, 1.807) is 19.1 Å². The zero-order valence-corrected chi connectivity index (χ0v) is 9.19. The summed E-state index contributed by atoms with van der Waals surface area (Å²) < 4.78 is 13.7. The second-order valence-corrected chi connectivity index (χ2v) is 4.80. The van der Waals surface area contributed by atoms with E-state index in [1.165, 1.54) is 0 Å². The molecule has 0 amide bonds. The van der Waals surface area contributed by atoms with E-state index < -0.39 is 6.17 Å². The fourth-order valence-electron chi connectivity index (χ4n) is 2.76. The number of Topliss-reactive ketones (excluding diaryl/α,β-unsaturated/α-hetero) is 1. The monoisotopic (exact) mass is 208 g/mol. The highest BCUT2D eigenvalue weighted by molar-refractivity contribution is 5.81. The minimum atomic E-state index is -0.877. The molecule has 0 aromatic rings. The molecular formula is C13H17FO. The molecule has 2 heteroatoms. The molecule has 0 N–H and O–H groups in total. The maximum Gasteiger partial charge on any atom is 0.137 e. The highest BCUT2D eigenvalue weighted by Crippen LogP contribution is 2.40. The van der Waals surface area contributed by atoms with E-state index in [9.17, 15) is 9.18 Å². The molecule has 15 heavy (non-hydrogen) atoms. The van der Waals surface area contributed by atoms with Gasteiger partial charge in [0.1, 0.15) is 12.0 Å². The Kier molecular flexibility index (Phi) is 2.76. The molecule has 5 atom stereocenters. The number of fused-ring (bicyclic) bond motifs is 1. The lowest BCUT2D eigenvalue weighted by molar-refractivity contribution is -0.121. The zero-order valence-electron chi connectivity index (χ0n) is 9.19. The standard InChI is InChI=1S/C13H17FO/c1-8-3-4-11-10(9(2)15)5-6-13(14)12(11)7-8/h3-6,8,10-13H,7H2,1-2H3. The van der Waals surface area contributed by atoms with Crippen molar-refractivity contribution in [3.05, 3.63) is 24.3 Å². The number of rotatable bonds is 1. The Balaban J connectivity index is 2.29. The molecule has 2 rings (SSSR count). The number of allylic oxidation sites excluding steroid dienone is 4. The van der Waals surface area contributed by atoms with Gasteiger partial charge in [0.2, 0.25) is 0 Å². The molecule has 0 aromatic carbocycles. The lowest BCUT2D eigenvalue weighted by Gasteiger charge is -2.37. The molecule has 1 nitrogen and oxygen atoms in total. The summed E-state index contributed by atoms with van der Waals surface area (Å²) in [6.45, 7) is 3.69. The number of carbonyl (C=O) groups is 1. The number of halogens is 1. The molecule has 0 saturated carbocycles. The predicted octanol–water partition coefficient (Wildman–Crippen LogP) is 2.93. The second kappa shape index (κ2) is 3.92. The maximum absolute atomic E-state index is 13.7. The number of alkyl halides is 1. The molecule has 82 valence electrons. The highest BCUT2D eigenvalue weighted by atomic mass is 19.1. The molecule has 0 saturated heterocycles. The minimum absolute atomic E-state index is 0.00361. The summed E-state index contributed by atoms with van der Waals surface area (Å²) in [6.07, 6.45) is 7.45. The average Bonchev–Trinajstić information content (AvgIpc) is 2.19. The van der Waals surface area contributed by atoms with Gasteiger partial charge in [0.05, 0.1) is 0 Å². The van der Waals surface area contributed by atoms with Crippen molar-refractivity contribution in [2.75, 3.05) is 0 Å². The Bertz CT molecular complexity index is 318. The van der Waals surface area contributed by atoms with Gasteiger partial charge in [-0.2, -0.15) is 0 Å². The van der Waals surface area contributed by atoms with Crippen molar-refractivity contribution in [2.24, 2.45) is 23.7 Å². The first kappa shape index (κ1) is 10.6. The van der Waals surface area contributed by atoms with E-state index in [0.717, 1.165) is 6.42 Å². The topological polar surface area (TPSA) is 17.1 Å². The third kappa shape index (κ3) is 1.90. The molecule has 0 fully saturated rings. The lowest BCUT2D eigenvalue weighted by atomic mass is 9.67. The van der Waals surface area contributed by atoms with Gasteiger partial charge < -0.3 is 0 Å². The number of hydrogen-bond donors (Lipinski definition) is 0. The molecule has 0 bridgehead atoms. The van der Waals surface area contributed by atoms with Gasteiger partial charge in [0.15, 0.2) is 0 Å². The average molecular weight is 208 g/mol. The number of ketones is 1. The van der Waals surface area contributed by atoms with E-state index in [-0.39, 0.29) is 23.5 Å². The number of carbonyl (C=O) groups excluding carboxylic acids is 1. The summed E-state index contributed by atoms with van der Waals surface area (Å²) in [4.78, 5) is 11.4. The van der Waals surface area contributed by atoms with Crippen LogP contribution in [0.5, 0.6) is 0 Å². The molecule has 0 aromatic heterocycles. The van der Waals surface area contributed by atoms with Crippen LogP contribution >= 0.6 is 0 Å². The van der Waals surface area contributed by atoms with Crippen LogP contribution in [0.3, 0.4) is 0 Å². The Morgan fingerprint density at radius 3 is 2.67 bits per heavy atom. The normalized spacial score (nSPS) is 43.8. The summed E-state index contributed by atoms with van der Waals surface area (Å²) in [6, 6.07) is 0. The van der Waals surface area contributed by atoms with Gasteiger partial charge in [-0.3, -0.25) is 4.79 Å². The van der Waals surface area contributed by atoms with E-state index in [1.807, 2.05) is 6.08 Å². The van der Waals surface area contributed by atoms with Crippen LogP contribution < -0.4 is 0 Å². The molecule has 0 heterocycles. The first-order valence-electron chi connectivity index (χ1n) is 5.60. The molecule has 0 radical (unpaired) electrons. The predicted molar refractivity (Wildman–Crippen MR) is 58.1 cm³/mol. The smallest absolute Gasteiger partial charge is 0.137 e. The number of hydrogen-bond acceptors (Lipinski definition) is 1. The molecule has 5 unspecified atom stereocenters. The summed E-state index contributed by atoms with van der Waals surface area (Å²) in [7, 11) is 0. The van der Waals surface area contributed by atoms with Crippen molar-refractivity contribution in [3.8, 4) is 0 Å². The van der Waals surface area contributed by atoms with Gasteiger partial charge in [0.25, 0.3) is 0 Å². The first-order chi connectivity index (χ1) is 7.09. The molecular weight excluding hydrogens is 191 g/mol.